The van der Waals surface area contributed by atoms with Crippen molar-refractivity contribution >= 4 is 0 Å². The molecule has 120 valence electrons. The minimum atomic E-state index is 1.20. The quantitative estimate of drug-likeness (QED) is 0.516. The zero-order chi connectivity index (χ0) is 17.2. The Bertz CT molecular complexity index is 478. The molecule has 22 heavy (non-hydrogen) atoms. The minimum Gasteiger partial charge on any atom is -0.0988 e. The molecule has 0 aliphatic carbocycles. The number of benzene rings is 1. The van der Waals surface area contributed by atoms with Crippen LogP contribution in [0, 0.1) is 6.92 Å². The molecule has 1 rings (SSSR count). The molecule has 0 atom stereocenters. The lowest BCUT2D eigenvalue weighted by Gasteiger charge is -1.82. The van der Waals surface area contributed by atoms with E-state index in [0.717, 1.165) is 0 Å². The molecule has 0 aliphatic rings. The minimum absolute atomic E-state index is 1.20. The van der Waals surface area contributed by atoms with Gasteiger partial charge in [0, 0.05) is 0 Å². The van der Waals surface area contributed by atoms with Gasteiger partial charge < -0.3 is 0 Å². The fourth-order valence-corrected chi connectivity index (χ4v) is 1.14. The molecule has 0 radical (unpaired) electrons. The highest BCUT2D eigenvalue weighted by atomic mass is 13.8. The van der Waals surface area contributed by atoms with Gasteiger partial charge in [-0.2, -0.15) is 0 Å². The lowest BCUT2D eigenvalue weighted by molar-refractivity contribution is 1.39. The van der Waals surface area contributed by atoms with E-state index in [1.807, 2.05) is 75.4 Å². The monoisotopic (exact) mass is 296 g/mol. The van der Waals surface area contributed by atoms with Crippen LogP contribution in [0.5, 0.6) is 0 Å². The molecule has 0 saturated heterocycles. The van der Waals surface area contributed by atoms with Crippen LogP contribution in [0.1, 0.15) is 40.2 Å². The Balaban J connectivity index is 0. The zero-order valence-corrected chi connectivity index (χ0v) is 15.1. The van der Waals surface area contributed by atoms with Crippen LogP contribution in [0.25, 0.3) is 0 Å². The van der Waals surface area contributed by atoms with Crippen LogP contribution in [-0.2, 0) is 0 Å². The maximum absolute atomic E-state index is 3.61. The van der Waals surface area contributed by atoms with Crippen molar-refractivity contribution in [2.45, 2.75) is 41.5 Å². The molecule has 0 aromatic heterocycles. The van der Waals surface area contributed by atoms with Gasteiger partial charge in [0.2, 0.25) is 0 Å². The molecule has 0 fully saturated rings. The van der Waals surface area contributed by atoms with E-state index in [9.17, 15) is 0 Å². The summed E-state index contributed by atoms with van der Waals surface area (Å²) in [6.45, 7) is 15.9. The standard InChI is InChI=1S/C8H12.C7H8.C7H12/c1-4-6-7-8(3)5-2;1-7-5-3-2-4-6-7;1-4-5-6-7(2)3/h4-7H,2H2,1,3H3;2-6H,1H3;4-6H,1-3H3/b6-4-,8-7-;;5-4-. The van der Waals surface area contributed by atoms with Gasteiger partial charge in [0.15, 0.2) is 0 Å². The third-order valence-corrected chi connectivity index (χ3v) is 2.44. The van der Waals surface area contributed by atoms with Crippen LogP contribution in [0.2, 0.25) is 0 Å². The van der Waals surface area contributed by atoms with Crippen molar-refractivity contribution in [2.75, 3.05) is 0 Å². The number of hydrogen-bond donors (Lipinski definition) is 0. The highest BCUT2D eigenvalue weighted by Gasteiger charge is 1.72. The van der Waals surface area contributed by atoms with Crippen molar-refractivity contribution in [1.29, 1.82) is 0 Å². The van der Waals surface area contributed by atoms with Crippen molar-refractivity contribution in [2.24, 2.45) is 0 Å². The summed E-state index contributed by atoms with van der Waals surface area (Å²) in [5, 5.41) is 0. The van der Waals surface area contributed by atoms with Gasteiger partial charge in [-0.05, 0) is 41.5 Å². The van der Waals surface area contributed by atoms with Crippen molar-refractivity contribution < 1.29 is 0 Å². The third kappa shape index (κ3) is 20.2. The van der Waals surface area contributed by atoms with E-state index >= 15 is 0 Å². The molecule has 0 heterocycles. The van der Waals surface area contributed by atoms with Gasteiger partial charge in [-0.1, -0.05) is 96.2 Å². The number of rotatable bonds is 3. The van der Waals surface area contributed by atoms with E-state index in [1.165, 1.54) is 16.7 Å². The summed E-state index contributed by atoms with van der Waals surface area (Å²) >= 11 is 0. The van der Waals surface area contributed by atoms with E-state index in [0.29, 0.717) is 0 Å². The maximum atomic E-state index is 3.61. The maximum Gasteiger partial charge on any atom is -0.0398 e. The van der Waals surface area contributed by atoms with Gasteiger partial charge in [0.25, 0.3) is 0 Å². The number of allylic oxidation sites excluding steroid dienone is 9. The summed E-state index contributed by atoms with van der Waals surface area (Å²) in [7, 11) is 0. The van der Waals surface area contributed by atoms with Gasteiger partial charge in [0.1, 0.15) is 0 Å². The average Bonchev–Trinajstić information content (AvgIpc) is 2.52. The fraction of sp³-hybridized carbons (Fsp3) is 0.273. The average molecular weight is 296 g/mol. The molecule has 0 saturated carbocycles. The van der Waals surface area contributed by atoms with Crippen LogP contribution in [0.4, 0.5) is 0 Å². The summed E-state index contributed by atoms with van der Waals surface area (Å²) < 4.78 is 0. The highest BCUT2D eigenvalue weighted by molar-refractivity contribution is 5.19. The summed E-state index contributed by atoms with van der Waals surface area (Å²) in [5.41, 5.74) is 3.86. The van der Waals surface area contributed by atoms with E-state index in [2.05, 4.69) is 45.6 Å². The van der Waals surface area contributed by atoms with E-state index < -0.39 is 0 Å². The molecule has 1 aromatic carbocycles. The van der Waals surface area contributed by atoms with E-state index in [-0.39, 0.29) is 0 Å². The first kappa shape index (κ1) is 22.2. The van der Waals surface area contributed by atoms with Crippen molar-refractivity contribution in [3.05, 3.63) is 96.2 Å². The Labute approximate surface area is 138 Å². The second-order valence-corrected chi connectivity index (χ2v) is 5.07. The van der Waals surface area contributed by atoms with Gasteiger partial charge >= 0.3 is 0 Å². The molecule has 0 bridgehead atoms. The molecule has 0 spiro atoms. The second kappa shape index (κ2) is 17.0. The van der Waals surface area contributed by atoms with Gasteiger partial charge in [-0.15, -0.1) is 0 Å². The van der Waals surface area contributed by atoms with Crippen LogP contribution in [0.15, 0.2) is 90.6 Å². The Morgan fingerprint density at radius 3 is 1.64 bits per heavy atom. The molecule has 0 N–H and O–H groups in total. The molecular weight excluding hydrogens is 264 g/mol. The first-order valence-electron chi connectivity index (χ1n) is 7.67. The van der Waals surface area contributed by atoms with Crippen LogP contribution in [-0.4, -0.2) is 0 Å². The normalized spacial score (nSPS) is 10.4. The Morgan fingerprint density at radius 1 is 0.864 bits per heavy atom. The lowest BCUT2D eigenvalue weighted by atomic mass is 10.2. The van der Waals surface area contributed by atoms with Gasteiger partial charge in [-0.3, -0.25) is 0 Å². The Hall–Kier alpha value is -2.08. The Kier molecular flexibility index (Phi) is 17.1. The molecule has 1 aromatic rings. The van der Waals surface area contributed by atoms with E-state index in [4.69, 9.17) is 0 Å². The molecule has 0 unspecified atom stereocenters. The third-order valence-electron chi connectivity index (χ3n) is 2.44. The molecule has 0 heteroatoms. The fourth-order valence-electron chi connectivity index (χ4n) is 1.14. The van der Waals surface area contributed by atoms with Crippen LogP contribution < -0.4 is 0 Å². The van der Waals surface area contributed by atoms with Crippen molar-refractivity contribution in [1.82, 2.24) is 0 Å². The number of aryl methyl sites for hydroxylation is 1. The second-order valence-electron chi connectivity index (χ2n) is 5.07. The summed E-state index contributed by atoms with van der Waals surface area (Å²) in [6.07, 6.45) is 14.0. The molecular formula is C22H32. The van der Waals surface area contributed by atoms with E-state index in [1.54, 1.807) is 0 Å². The van der Waals surface area contributed by atoms with Crippen molar-refractivity contribution in [3.63, 3.8) is 0 Å². The number of hydrogen-bond acceptors (Lipinski definition) is 0. The van der Waals surface area contributed by atoms with Gasteiger partial charge in [-0.25, -0.2) is 0 Å². The first-order valence-corrected chi connectivity index (χ1v) is 7.67. The summed E-state index contributed by atoms with van der Waals surface area (Å²) in [4.78, 5) is 0. The summed E-state index contributed by atoms with van der Waals surface area (Å²) in [6, 6.07) is 10.3. The lowest BCUT2D eigenvalue weighted by Crippen LogP contribution is -1.62. The smallest absolute Gasteiger partial charge is 0.0398 e. The predicted octanol–water partition coefficient (Wildman–Crippen LogP) is 7.22. The predicted molar refractivity (Wildman–Crippen MR) is 104 cm³/mol. The van der Waals surface area contributed by atoms with Gasteiger partial charge in [0.05, 0.1) is 0 Å². The van der Waals surface area contributed by atoms with Crippen LogP contribution in [0.3, 0.4) is 0 Å². The summed E-state index contributed by atoms with van der Waals surface area (Å²) in [5.74, 6) is 0. The molecule has 0 aliphatic heterocycles. The Morgan fingerprint density at radius 2 is 1.36 bits per heavy atom. The topological polar surface area (TPSA) is 0 Å². The molecule has 0 nitrogen and oxygen atoms in total. The first-order chi connectivity index (χ1) is 10.5. The largest absolute Gasteiger partial charge is 0.0988 e. The van der Waals surface area contributed by atoms with Crippen LogP contribution >= 0.6 is 0 Å². The zero-order valence-electron chi connectivity index (χ0n) is 15.1. The molecule has 0 amide bonds. The SMILES string of the molecule is C/C=C\C=C(C)C.C=C/C(C)=C\C=C/C.Cc1ccccc1. The van der Waals surface area contributed by atoms with Crippen molar-refractivity contribution in [3.8, 4) is 0 Å². The highest BCUT2D eigenvalue weighted by Crippen LogP contribution is 1.92.